The first kappa shape index (κ1) is 23.7. The van der Waals surface area contributed by atoms with Crippen LogP contribution in [0.3, 0.4) is 0 Å². The molecule has 8 heteroatoms. The Morgan fingerprint density at radius 2 is 1.94 bits per heavy atom. The van der Waals surface area contributed by atoms with Crippen LogP contribution in [-0.2, 0) is 11.8 Å². The topological polar surface area (TPSA) is 92.4 Å². The third kappa shape index (κ3) is 4.49. The maximum Gasteiger partial charge on any atom is 0.411 e. The Labute approximate surface area is 211 Å². The molecular formula is C28H31N5O3. The van der Waals surface area contributed by atoms with E-state index >= 15 is 0 Å². The number of carbonyl (C=O) groups is 1. The summed E-state index contributed by atoms with van der Waals surface area (Å²) >= 11 is 0. The lowest BCUT2D eigenvalue weighted by molar-refractivity contribution is 0.130. The van der Waals surface area contributed by atoms with Crippen molar-refractivity contribution in [1.82, 2.24) is 9.55 Å². The molecule has 0 bridgehead atoms. The summed E-state index contributed by atoms with van der Waals surface area (Å²) in [5, 5.41) is 13.0. The Morgan fingerprint density at radius 3 is 2.53 bits per heavy atom. The second-order valence-electron chi connectivity index (χ2n) is 9.84. The normalized spacial score (nSPS) is 18.9. The molecule has 36 heavy (non-hydrogen) atoms. The predicted molar refractivity (Wildman–Crippen MR) is 137 cm³/mol. The lowest BCUT2D eigenvalue weighted by Crippen LogP contribution is -2.41. The molecule has 8 nitrogen and oxygen atoms in total. The largest absolute Gasteiger partial charge is 0.447 e. The molecule has 186 valence electrons. The highest BCUT2D eigenvalue weighted by Crippen LogP contribution is 2.53. The SMILES string of the molecule is Cc1cn(C)c(Oc2ccc3c(c2)N(C2CCC2)C(c2ccc(NC(=O)OC(C)C)cc2)C3C#N)n1. The van der Waals surface area contributed by atoms with E-state index in [-0.39, 0.29) is 18.1 Å². The number of anilines is 2. The van der Waals surface area contributed by atoms with E-state index < -0.39 is 6.09 Å². The maximum atomic E-state index is 12.0. The molecule has 1 aliphatic heterocycles. The van der Waals surface area contributed by atoms with Crippen LogP contribution in [0.4, 0.5) is 16.2 Å². The monoisotopic (exact) mass is 485 g/mol. The number of benzene rings is 2. The number of ether oxygens (including phenoxy) is 2. The molecule has 2 aromatic carbocycles. The van der Waals surface area contributed by atoms with E-state index in [4.69, 9.17) is 9.47 Å². The highest BCUT2D eigenvalue weighted by atomic mass is 16.6. The van der Waals surface area contributed by atoms with Gasteiger partial charge in [-0.3, -0.25) is 5.32 Å². The number of amides is 1. The molecule has 2 heterocycles. The number of nitrogens with one attached hydrogen (secondary N) is 1. The molecule has 1 saturated carbocycles. The number of hydrogen-bond acceptors (Lipinski definition) is 6. The molecule has 1 N–H and O–H groups in total. The Hall–Kier alpha value is -3.99. The molecule has 1 fully saturated rings. The summed E-state index contributed by atoms with van der Waals surface area (Å²) in [4.78, 5) is 18.8. The molecule has 0 radical (unpaired) electrons. The van der Waals surface area contributed by atoms with Gasteiger partial charge < -0.3 is 18.9 Å². The average Bonchev–Trinajstić information content (AvgIpc) is 3.28. The summed E-state index contributed by atoms with van der Waals surface area (Å²) in [6.45, 7) is 5.56. The number of rotatable bonds is 6. The number of imidazole rings is 1. The minimum Gasteiger partial charge on any atom is -0.447 e. The number of hydrogen-bond donors (Lipinski definition) is 1. The third-order valence-corrected chi connectivity index (χ3v) is 6.84. The number of carbonyl (C=O) groups excluding carboxylic acids is 1. The molecule has 0 spiro atoms. The number of nitriles is 1. The fourth-order valence-electron chi connectivity index (χ4n) is 5.06. The highest BCUT2D eigenvalue weighted by molar-refractivity contribution is 5.84. The van der Waals surface area contributed by atoms with E-state index in [0.29, 0.717) is 23.5 Å². The van der Waals surface area contributed by atoms with Crippen molar-refractivity contribution in [3.8, 4) is 17.8 Å². The van der Waals surface area contributed by atoms with E-state index in [2.05, 4.69) is 21.3 Å². The first-order chi connectivity index (χ1) is 17.3. The minimum atomic E-state index is -0.479. The van der Waals surface area contributed by atoms with Crippen LogP contribution in [0.2, 0.25) is 0 Å². The average molecular weight is 486 g/mol. The van der Waals surface area contributed by atoms with Gasteiger partial charge in [0.15, 0.2) is 0 Å². The van der Waals surface area contributed by atoms with Gasteiger partial charge in [-0.2, -0.15) is 5.26 Å². The van der Waals surface area contributed by atoms with Gasteiger partial charge in [0.25, 0.3) is 0 Å². The van der Waals surface area contributed by atoms with Gasteiger partial charge in [0, 0.05) is 36.7 Å². The summed E-state index contributed by atoms with van der Waals surface area (Å²) in [5.74, 6) is 0.391. The van der Waals surface area contributed by atoms with Crippen LogP contribution in [0.25, 0.3) is 0 Å². The van der Waals surface area contributed by atoms with Crippen LogP contribution in [0, 0.1) is 18.3 Å². The van der Waals surface area contributed by atoms with E-state index in [1.807, 2.05) is 81.0 Å². The summed E-state index contributed by atoms with van der Waals surface area (Å²) < 4.78 is 13.2. The van der Waals surface area contributed by atoms with Gasteiger partial charge in [0.05, 0.1) is 29.8 Å². The maximum absolute atomic E-state index is 12.0. The number of aromatic nitrogens is 2. The predicted octanol–water partition coefficient (Wildman–Crippen LogP) is 6.20. The molecule has 2 unspecified atom stereocenters. The first-order valence-corrected chi connectivity index (χ1v) is 12.4. The lowest BCUT2D eigenvalue weighted by atomic mass is 9.87. The number of fused-ring (bicyclic) bond motifs is 1. The van der Waals surface area contributed by atoms with E-state index in [1.165, 1.54) is 6.42 Å². The van der Waals surface area contributed by atoms with Crippen molar-refractivity contribution < 1.29 is 14.3 Å². The Bertz CT molecular complexity index is 1300. The van der Waals surface area contributed by atoms with Gasteiger partial charge in [-0.05, 0) is 69.4 Å². The van der Waals surface area contributed by atoms with Crippen molar-refractivity contribution in [3.05, 3.63) is 65.5 Å². The first-order valence-electron chi connectivity index (χ1n) is 12.4. The Balaban J connectivity index is 1.45. The van der Waals surface area contributed by atoms with Crippen molar-refractivity contribution in [1.29, 1.82) is 5.26 Å². The van der Waals surface area contributed by atoms with Crippen molar-refractivity contribution in [3.63, 3.8) is 0 Å². The summed E-state index contributed by atoms with van der Waals surface area (Å²) in [6, 6.07) is 17.0. The van der Waals surface area contributed by atoms with Crippen LogP contribution in [0.1, 0.15) is 61.9 Å². The standard InChI is InChI=1S/C28H31N5O3/c1-17(2)35-28(34)31-20-10-8-19(9-11-20)26-24(15-29)23-13-12-22(36-27-30-18(3)16-32(27)4)14-25(23)33(26)21-6-5-7-21/h8-14,16-17,21,24,26H,5-7H2,1-4H3,(H,31,34). The van der Waals surface area contributed by atoms with Gasteiger partial charge in [0.2, 0.25) is 0 Å². The minimum absolute atomic E-state index is 0.113. The molecule has 5 rings (SSSR count). The lowest BCUT2D eigenvalue weighted by Gasteiger charge is -2.41. The summed E-state index contributed by atoms with van der Waals surface area (Å²) in [6.07, 6.45) is 4.63. The van der Waals surface area contributed by atoms with Gasteiger partial charge in [0.1, 0.15) is 5.75 Å². The third-order valence-electron chi connectivity index (χ3n) is 6.84. The Kier molecular flexibility index (Phi) is 6.31. The zero-order valence-corrected chi connectivity index (χ0v) is 21.1. The van der Waals surface area contributed by atoms with Gasteiger partial charge in [-0.1, -0.05) is 18.2 Å². The van der Waals surface area contributed by atoms with Crippen molar-refractivity contribution >= 4 is 17.5 Å². The van der Waals surface area contributed by atoms with Crippen LogP contribution < -0.4 is 15.0 Å². The van der Waals surface area contributed by atoms with Crippen LogP contribution in [0.5, 0.6) is 11.8 Å². The molecule has 3 aromatic rings. The zero-order valence-electron chi connectivity index (χ0n) is 21.1. The van der Waals surface area contributed by atoms with Crippen molar-refractivity contribution in [2.75, 3.05) is 10.2 Å². The second-order valence-corrected chi connectivity index (χ2v) is 9.84. The van der Waals surface area contributed by atoms with Crippen molar-refractivity contribution in [2.45, 2.75) is 64.1 Å². The molecule has 2 atom stereocenters. The molecule has 2 aliphatic rings. The smallest absolute Gasteiger partial charge is 0.411 e. The molecule has 1 amide bonds. The fraction of sp³-hybridized carbons (Fsp3) is 0.393. The number of aryl methyl sites for hydroxylation is 2. The summed E-state index contributed by atoms with van der Waals surface area (Å²) in [7, 11) is 1.91. The van der Waals surface area contributed by atoms with E-state index in [0.717, 1.165) is 35.3 Å². The quantitative estimate of drug-likeness (QED) is 0.447. The molecule has 0 saturated heterocycles. The molecule has 1 aromatic heterocycles. The van der Waals surface area contributed by atoms with E-state index in [9.17, 15) is 10.1 Å². The van der Waals surface area contributed by atoms with Gasteiger partial charge in [-0.25, -0.2) is 9.78 Å². The molecule has 1 aliphatic carbocycles. The van der Waals surface area contributed by atoms with Crippen LogP contribution in [0.15, 0.2) is 48.7 Å². The zero-order chi connectivity index (χ0) is 25.4. The molecular weight excluding hydrogens is 454 g/mol. The van der Waals surface area contributed by atoms with Crippen LogP contribution >= 0.6 is 0 Å². The Morgan fingerprint density at radius 1 is 1.19 bits per heavy atom. The second kappa shape index (κ2) is 9.57. The highest BCUT2D eigenvalue weighted by Gasteiger charge is 2.44. The summed E-state index contributed by atoms with van der Waals surface area (Å²) in [5.41, 5.74) is 4.65. The number of nitrogens with zero attached hydrogens (tertiary/aromatic N) is 4. The van der Waals surface area contributed by atoms with Crippen molar-refractivity contribution in [2.24, 2.45) is 7.05 Å². The van der Waals surface area contributed by atoms with Gasteiger partial charge in [-0.15, -0.1) is 0 Å². The van der Waals surface area contributed by atoms with Crippen LogP contribution in [-0.4, -0.2) is 27.8 Å². The fourth-order valence-corrected chi connectivity index (χ4v) is 5.06. The van der Waals surface area contributed by atoms with E-state index in [1.54, 1.807) is 0 Å². The van der Waals surface area contributed by atoms with Gasteiger partial charge >= 0.3 is 12.1 Å².